The summed E-state index contributed by atoms with van der Waals surface area (Å²) in [7, 11) is 0. The summed E-state index contributed by atoms with van der Waals surface area (Å²) in [6.07, 6.45) is 3.46. The van der Waals surface area contributed by atoms with E-state index in [2.05, 4.69) is 24.1 Å². The smallest absolute Gasteiger partial charge is 0.0592 e. The van der Waals surface area contributed by atoms with Crippen LogP contribution in [0.3, 0.4) is 0 Å². The highest BCUT2D eigenvalue weighted by molar-refractivity contribution is 6.30. The lowest BCUT2D eigenvalue weighted by atomic mass is 10.2. The van der Waals surface area contributed by atoms with E-state index in [1.165, 1.54) is 0 Å². The first-order valence-corrected chi connectivity index (χ1v) is 5.39. The number of halogens is 1. The highest BCUT2D eigenvalue weighted by Crippen LogP contribution is 2.07. The molecule has 0 spiro atoms. The van der Waals surface area contributed by atoms with Crippen molar-refractivity contribution >= 4 is 11.6 Å². The van der Waals surface area contributed by atoms with E-state index in [1.807, 2.05) is 26.1 Å². The second kappa shape index (κ2) is 7.77. The molecule has 1 aromatic rings. The topological polar surface area (TPSA) is 24.9 Å². The zero-order valence-corrected chi connectivity index (χ0v) is 10.1. The Morgan fingerprint density at radius 1 is 1.36 bits per heavy atom. The molecule has 3 heteroatoms. The lowest BCUT2D eigenvalue weighted by Crippen LogP contribution is -2.21. The Hall–Kier alpha value is -0.600. The Morgan fingerprint density at radius 3 is 2.50 bits per heavy atom. The molecule has 0 radical (unpaired) electrons. The van der Waals surface area contributed by atoms with E-state index in [0.29, 0.717) is 11.1 Å². The molecule has 1 N–H and O–H groups in total. The molecule has 0 aromatic carbocycles. The maximum absolute atomic E-state index is 5.77. The molecule has 0 fully saturated rings. The van der Waals surface area contributed by atoms with E-state index in [-0.39, 0.29) is 0 Å². The molecule has 2 nitrogen and oxygen atoms in total. The second-order valence-electron chi connectivity index (χ2n) is 3.05. The molecule has 0 saturated heterocycles. The second-order valence-corrected chi connectivity index (χ2v) is 3.48. The summed E-state index contributed by atoms with van der Waals surface area (Å²) >= 11 is 5.77. The minimum Gasteiger partial charge on any atom is -0.310 e. The molecule has 14 heavy (non-hydrogen) atoms. The highest BCUT2D eigenvalue weighted by Gasteiger charge is 1.95. The molecule has 0 bridgehead atoms. The summed E-state index contributed by atoms with van der Waals surface area (Å²) in [5.41, 5.74) is 1.12. The highest BCUT2D eigenvalue weighted by atomic mass is 35.5. The molecule has 0 unspecified atom stereocenters. The molecule has 0 aliphatic heterocycles. The molecule has 1 heterocycles. The molecule has 1 rings (SSSR count). The standard InChI is InChI=1S/C9H13ClN2.C2H6/c1-7(2)12-5-8-3-9(10)6-11-4-8;1-2/h3-4,6-7,12H,5H2,1-2H3;1-2H3. The van der Waals surface area contributed by atoms with Gasteiger partial charge in [0.15, 0.2) is 0 Å². The van der Waals surface area contributed by atoms with Gasteiger partial charge < -0.3 is 5.32 Å². The van der Waals surface area contributed by atoms with Crippen LogP contribution in [0.15, 0.2) is 18.5 Å². The molecule has 80 valence electrons. The first-order valence-electron chi connectivity index (χ1n) is 5.01. The van der Waals surface area contributed by atoms with Gasteiger partial charge in [0, 0.05) is 25.0 Å². The number of hydrogen-bond acceptors (Lipinski definition) is 2. The third-order valence-corrected chi connectivity index (χ3v) is 1.68. The largest absolute Gasteiger partial charge is 0.310 e. The quantitative estimate of drug-likeness (QED) is 0.836. The minimum atomic E-state index is 0.490. The van der Waals surface area contributed by atoms with Gasteiger partial charge in [0.25, 0.3) is 0 Å². The zero-order valence-electron chi connectivity index (χ0n) is 9.34. The molecule has 0 atom stereocenters. The van der Waals surface area contributed by atoms with Crippen molar-refractivity contribution in [2.75, 3.05) is 0 Å². The van der Waals surface area contributed by atoms with Gasteiger partial charge in [-0.15, -0.1) is 0 Å². The van der Waals surface area contributed by atoms with Gasteiger partial charge in [-0.1, -0.05) is 39.3 Å². The van der Waals surface area contributed by atoms with Crippen molar-refractivity contribution in [1.82, 2.24) is 10.3 Å². The first kappa shape index (κ1) is 13.4. The van der Waals surface area contributed by atoms with Crippen LogP contribution in [-0.2, 0) is 6.54 Å². The van der Waals surface area contributed by atoms with Crippen LogP contribution in [-0.4, -0.2) is 11.0 Å². The molecule has 0 amide bonds. The number of pyridine rings is 1. The van der Waals surface area contributed by atoms with Gasteiger partial charge in [-0.2, -0.15) is 0 Å². The lowest BCUT2D eigenvalue weighted by molar-refractivity contribution is 0.588. The molecule has 0 aliphatic rings. The third-order valence-electron chi connectivity index (χ3n) is 1.48. The predicted molar refractivity (Wildman–Crippen MR) is 62.6 cm³/mol. The van der Waals surface area contributed by atoms with Gasteiger partial charge in [-0.3, -0.25) is 4.98 Å². The van der Waals surface area contributed by atoms with Crippen LogP contribution in [0.2, 0.25) is 5.02 Å². The summed E-state index contributed by atoms with van der Waals surface area (Å²) in [5.74, 6) is 0. The summed E-state index contributed by atoms with van der Waals surface area (Å²) in [5, 5.41) is 3.98. The van der Waals surface area contributed by atoms with Crippen LogP contribution < -0.4 is 5.32 Å². The Kier molecular flexibility index (Phi) is 7.44. The van der Waals surface area contributed by atoms with E-state index in [9.17, 15) is 0 Å². The molecule has 0 aliphatic carbocycles. The Labute approximate surface area is 91.7 Å². The molecular weight excluding hydrogens is 196 g/mol. The number of rotatable bonds is 3. The Morgan fingerprint density at radius 2 is 2.00 bits per heavy atom. The lowest BCUT2D eigenvalue weighted by Gasteiger charge is -2.07. The van der Waals surface area contributed by atoms with Crippen molar-refractivity contribution in [1.29, 1.82) is 0 Å². The van der Waals surface area contributed by atoms with Crippen molar-refractivity contribution in [2.24, 2.45) is 0 Å². The van der Waals surface area contributed by atoms with E-state index in [1.54, 1.807) is 6.20 Å². The van der Waals surface area contributed by atoms with Gasteiger partial charge >= 0.3 is 0 Å². The van der Waals surface area contributed by atoms with Gasteiger partial charge in [-0.25, -0.2) is 0 Å². The normalized spacial score (nSPS) is 9.57. The van der Waals surface area contributed by atoms with Gasteiger partial charge in [0.1, 0.15) is 0 Å². The van der Waals surface area contributed by atoms with Crippen molar-refractivity contribution < 1.29 is 0 Å². The summed E-state index contributed by atoms with van der Waals surface area (Å²) < 4.78 is 0. The number of hydrogen-bond donors (Lipinski definition) is 1. The van der Waals surface area contributed by atoms with Crippen molar-refractivity contribution in [3.63, 3.8) is 0 Å². The predicted octanol–water partition coefficient (Wildman–Crippen LogP) is 3.26. The first-order chi connectivity index (χ1) is 6.68. The van der Waals surface area contributed by atoms with Crippen LogP contribution in [0.25, 0.3) is 0 Å². The van der Waals surface area contributed by atoms with Gasteiger partial charge in [-0.05, 0) is 11.6 Å². The van der Waals surface area contributed by atoms with E-state index >= 15 is 0 Å². The van der Waals surface area contributed by atoms with Crippen LogP contribution in [0, 0.1) is 0 Å². The summed E-state index contributed by atoms with van der Waals surface area (Å²) in [6.45, 7) is 9.04. The zero-order chi connectivity index (χ0) is 11.0. The summed E-state index contributed by atoms with van der Waals surface area (Å²) in [6, 6.07) is 2.41. The van der Waals surface area contributed by atoms with Crippen LogP contribution in [0.4, 0.5) is 0 Å². The summed E-state index contributed by atoms with van der Waals surface area (Å²) in [4.78, 5) is 3.99. The van der Waals surface area contributed by atoms with Gasteiger partial charge in [0.05, 0.1) is 5.02 Å². The van der Waals surface area contributed by atoms with E-state index < -0.39 is 0 Å². The average molecular weight is 215 g/mol. The minimum absolute atomic E-state index is 0.490. The third kappa shape index (κ3) is 5.95. The molecule has 1 aromatic heterocycles. The SMILES string of the molecule is CC.CC(C)NCc1cncc(Cl)c1. The fourth-order valence-corrected chi connectivity index (χ4v) is 1.07. The van der Waals surface area contributed by atoms with Crippen molar-refractivity contribution in [3.05, 3.63) is 29.0 Å². The molecule has 0 saturated carbocycles. The maximum atomic E-state index is 5.77. The fourth-order valence-electron chi connectivity index (χ4n) is 0.875. The average Bonchev–Trinajstić information content (AvgIpc) is 2.18. The fraction of sp³-hybridized carbons (Fsp3) is 0.545. The monoisotopic (exact) mass is 214 g/mol. The van der Waals surface area contributed by atoms with E-state index in [0.717, 1.165) is 12.1 Å². The number of nitrogens with one attached hydrogen (secondary N) is 1. The van der Waals surface area contributed by atoms with Crippen molar-refractivity contribution in [2.45, 2.75) is 40.3 Å². The van der Waals surface area contributed by atoms with Crippen LogP contribution in [0.5, 0.6) is 0 Å². The van der Waals surface area contributed by atoms with Crippen LogP contribution in [0.1, 0.15) is 33.3 Å². The van der Waals surface area contributed by atoms with Crippen molar-refractivity contribution in [3.8, 4) is 0 Å². The van der Waals surface area contributed by atoms with Gasteiger partial charge in [0.2, 0.25) is 0 Å². The van der Waals surface area contributed by atoms with E-state index in [4.69, 9.17) is 11.6 Å². The van der Waals surface area contributed by atoms with Crippen LogP contribution >= 0.6 is 11.6 Å². The Balaban J connectivity index is 0.000000791. The Bertz CT molecular complexity index is 249. The number of aromatic nitrogens is 1. The molecular formula is C11H19ClN2. The number of nitrogens with zero attached hydrogens (tertiary/aromatic N) is 1. The maximum Gasteiger partial charge on any atom is 0.0592 e.